The van der Waals surface area contributed by atoms with Gasteiger partial charge in [-0.3, -0.25) is 0 Å². The number of benzene rings is 1. The van der Waals surface area contributed by atoms with Crippen LogP contribution in [0.2, 0.25) is 0 Å². The third kappa shape index (κ3) is 2.49. The lowest BCUT2D eigenvalue weighted by atomic mass is 9.95. The molecule has 1 unspecified atom stereocenters. The van der Waals surface area contributed by atoms with Gasteiger partial charge in [-0.2, -0.15) is 13.2 Å². The van der Waals surface area contributed by atoms with Gasteiger partial charge in [0, 0.05) is 13.0 Å². The predicted molar refractivity (Wildman–Crippen MR) is 49.1 cm³/mol. The summed E-state index contributed by atoms with van der Waals surface area (Å²) in [7, 11) is 0. The first-order valence-electron chi connectivity index (χ1n) is 4.49. The van der Waals surface area contributed by atoms with Gasteiger partial charge in [-0.25, -0.2) is 8.78 Å². The summed E-state index contributed by atoms with van der Waals surface area (Å²) in [5, 5.41) is 0. The van der Waals surface area contributed by atoms with Crippen LogP contribution < -0.4 is 5.73 Å². The van der Waals surface area contributed by atoms with Gasteiger partial charge in [0.05, 0.1) is 0 Å². The zero-order chi connectivity index (χ0) is 12.4. The smallest absolute Gasteiger partial charge is 0.327 e. The molecule has 0 fully saturated rings. The lowest BCUT2D eigenvalue weighted by Crippen LogP contribution is -2.49. The largest absolute Gasteiger partial charge is 0.424 e. The number of alkyl halides is 4. The Hall–Kier alpha value is -1.17. The maximum absolute atomic E-state index is 13.5. The summed E-state index contributed by atoms with van der Waals surface area (Å²) >= 11 is 0. The molecule has 0 aromatic heterocycles. The molecule has 6 heteroatoms. The van der Waals surface area contributed by atoms with Crippen LogP contribution >= 0.6 is 0 Å². The Kier molecular flexibility index (Phi) is 3.52. The van der Waals surface area contributed by atoms with E-state index >= 15 is 0 Å². The predicted octanol–water partition coefficient (Wildman–Crippen LogP) is 2.60. The summed E-state index contributed by atoms with van der Waals surface area (Å²) in [6.07, 6.45) is -6.22. The normalized spacial score (nSPS) is 15.9. The van der Waals surface area contributed by atoms with Gasteiger partial charge in [-0.15, -0.1) is 0 Å². The first-order valence-corrected chi connectivity index (χ1v) is 4.49. The quantitative estimate of drug-likeness (QED) is 0.806. The first kappa shape index (κ1) is 12.9. The van der Waals surface area contributed by atoms with Crippen LogP contribution in [0, 0.1) is 5.82 Å². The van der Waals surface area contributed by atoms with E-state index in [9.17, 15) is 22.0 Å². The van der Waals surface area contributed by atoms with Crippen molar-refractivity contribution in [2.75, 3.05) is 6.54 Å². The summed E-state index contributed by atoms with van der Waals surface area (Å²) < 4.78 is 63.6. The highest BCUT2D eigenvalue weighted by Gasteiger charge is 2.55. The summed E-state index contributed by atoms with van der Waals surface area (Å²) in [4.78, 5) is 0. The molecule has 90 valence electrons. The summed E-state index contributed by atoms with van der Waals surface area (Å²) in [5.41, 5.74) is 0.846. The molecule has 0 radical (unpaired) electrons. The van der Waals surface area contributed by atoms with Crippen LogP contribution in [0.3, 0.4) is 0 Å². The average molecular weight is 239 g/mol. The highest BCUT2D eigenvalue weighted by atomic mass is 19.4. The fraction of sp³-hybridized carbons (Fsp3) is 0.400. The Labute approximate surface area is 89.1 Å². The van der Waals surface area contributed by atoms with Gasteiger partial charge in [-0.1, -0.05) is 18.2 Å². The highest BCUT2D eigenvalue weighted by Crippen LogP contribution is 2.36. The standard InChI is InChI=1S/C10H10F5N/c11-8-4-2-1-3-7(8)5-9(12,6-16)10(13,14)15/h1-4H,5-6,16H2. The minimum Gasteiger partial charge on any atom is -0.327 e. The molecule has 0 heterocycles. The molecule has 0 saturated carbocycles. The van der Waals surface area contributed by atoms with Crippen molar-refractivity contribution in [3.8, 4) is 0 Å². The fourth-order valence-corrected chi connectivity index (χ4v) is 1.23. The van der Waals surface area contributed by atoms with E-state index in [0.717, 1.165) is 12.1 Å². The summed E-state index contributed by atoms with van der Waals surface area (Å²) in [5.74, 6) is -0.873. The third-order valence-corrected chi connectivity index (χ3v) is 2.26. The van der Waals surface area contributed by atoms with Crippen LogP contribution in [-0.2, 0) is 6.42 Å². The Bertz CT molecular complexity index is 362. The first-order chi connectivity index (χ1) is 7.30. The minimum absolute atomic E-state index is 0.340. The Balaban J connectivity index is 2.99. The van der Waals surface area contributed by atoms with Crippen molar-refractivity contribution in [3.63, 3.8) is 0 Å². The molecule has 16 heavy (non-hydrogen) atoms. The molecule has 1 atom stereocenters. The zero-order valence-corrected chi connectivity index (χ0v) is 8.19. The Morgan fingerprint density at radius 1 is 1.06 bits per heavy atom. The molecule has 0 aliphatic rings. The lowest BCUT2D eigenvalue weighted by molar-refractivity contribution is -0.226. The third-order valence-electron chi connectivity index (χ3n) is 2.26. The number of halogens is 5. The van der Waals surface area contributed by atoms with Crippen molar-refractivity contribution in [1.29, 1.82) is 0 Å². The van der Waals surface area contributed by atoms with Gasteiger partial charge < -0.3 is 5.73 Å². The number of hydrogen-bond acceptors (Lipinski definition) is 1. The maximum Gasteiger partial charge on any atom is 0.424 e. The van der Waals surface area contributed by atoms with Crippen molar-refractivity contribution < 1.29 is 22.0 Å². The zero-order valence-electron chi connectivity index (χ0n) is 8.19. The summed E-state index contributed by atoms with van der Waals surface area (Å²) in [6.45, 7) is -1.23. The molecule has 0 spiro atoms. The highest BCUT2D eigenvalue weighted by molar-refractivity contribution is 5.20. The van der Waals surface area contributed by atoms with E-state index in [4.69, 9.17) is 5.73 Å². The van der Waals surface area contributed by atoms with Crippen LogP contribution in [0.5, 0.6) is 0 Å². The molecule has 1 aromatic carbocycles. The molecule has 0 aliphatic heterocycles. The Morgan fingerprint density at radius 2 is 1.62 bits per heavy atom. The number of hydrogen-bond donors (Lipinski definition) is 1. The molecule has 0 aliphatic carbocycles. The van der Waals surface area contributed by atoms with Crippen molar-refractivity contribution >= 4 is 0 Å². The summed E-state index contributed by atoms with van der Waals surface area (Å²) in [6, 6.07) is 4.73. The van der Waals surface area contributed by atoms with Gasteiger partial charge in [0.1, 0.15) is 5.82 Å². The molecule has 2 N–H and O–H groups in total. The van der Waals surface area contributed by atoms with E-state index in [1.165, 1.54) is 12.1 Å². The molecule has 1 aromatic rings. The van der Waals surface area contributed by atoms with E-state index < -0.39 is 30.6 Å². The van der Waals surface area contributed by atoms with Crippen LogP contribution in [0.1, 0.15) is 5.56 Å². The average Bonchev–Trinajstić information content (AvgIpc) is 2.19. The van der Waals surface area contributed by atoms with E-state index in [1.54, 1.807) is 0 Å². The second kappa shape index (κ2) is 4.37. The molecular formula is C10H10F5N. The molecule has 0 saturated heterocycles. The van der Waals surface area contributed by atoms with E-state index in [1.807, 2.05) is 0 Å². The molecule has 0 bridgehead atoms. The Morgan fingerprint density at radius 3 is 2.06 bits per heavy atom. The second-order valence-corrected chi connectivity index (χ2v) is 3.44. The van der Waals surface area contributed by atoms with Crippen molar-refractivity contribution in [1.82, 2.24) is 0 Å². The SMILES string of the molecule is NCC(F)(Cc1ccccc1F)C(F)(F)F. The monoisotopic (exact) mass is 239 g/mol. The van der Waals surface area contributed by atoms with Crippen molar-refractivity contribution in [3.05, 3.63) is 35.6 Å². The maximum atomic E-state index is 13.5. The van der Waals surface area contributed by atoms with Crippen molar-refractivity contribution in [2.45, 2.75) is 18.3 Å². The topological polar surface area (TPSA) is 26.0 Å². The van der Waals surface area contributed by atoms with Gasteiger partial charge in [0.25, 0.3) is 0 Å². The molecular weight excluding hydrogens is 229 g/mol. The second-order valence-electron chi connectivity index (χ2n) is 3.44. The molecule has 0 amide bonds. The molecule has 1 rings (SSSR count). The van der Waals surface area contributed by atoms with E-state index in [0.29, 0.717) is 0 Å². The number of rotatable bonds is 3. The fourth-order valence-electron chi connectivity index (χ4n) is 1.23. The minimum atomic E-state index is -5.11. The van der Waals surface area contributed by atoms with Gasteiger partial charge in [0.15, 0.2) is 0 Å². The van der Waals surface area contributed by atoms with Crippen molar-refractivity contribution in [2.24, 2.45) is 5.73 Å². The number of nitrogens with two attached hydrogens (primary N) is 1. The van der Waals surface area contributed by atoms with Crippen LogP contribution in [0.15, 0.2) is 24.3 Å². The van der Waals surface area contributed by atoms with E-state index in [-0.39, 0.29) is 5.56 Å². The van der Waals surface area contributed by atoms with Gasteiger partial charge >= 0.3 is 6.18 Å². The van der Waals surface area contributed by atoms with Gasteiger partial charge in [0.2, 0.25) is 5.67 Å². The van der Waals surface area contributed by atoms with E-state index in [2.05, 4.69) is 0 Å². The van der Waals surface area contributed by atoms with Crippen LogP contribution in [0.25, 0.3) is 0 Å². The van der Waals surface area contributed by atoms with Gasteiger partial charge in [-0.05, 0) is 11.6 Å². The van der Waals surface area contributed by atoms with Crippen LogP contribution in [0.4, 0.5) is 22.0 Å². The lowest BCUT2D eigenvalue weighted by Gasteiger charge is -2.26. The van der Waals surface area contributed by atoms with Crippen LogP contribution in [-0.4, -0.2) is 18.4 Å². The molecule has 1 nitrogen and oxygen atoms in total.